The average molecular weight is 288 g/mol. The van der Waals surface area contributed by atoms with Crippen molar-refractivity contribution in [3.8, 4) is 11.8 Å². The van der Waals surface area contributed by atoms with E-state index < -0.39 is 5.97 Å². The second kappa shape index (κ2) is 5.79. The van der Waals surface area contributed by atoms with Crippen molar-refractivity contribution < 1.29 is 9.53 Å². The van der Waals surface area contributed by atoms with Crippen molar-refractivity contribution in [2.24, 2.45) is 0 Å². The summed E-state index contributed by atoms with van der Waals surface area (Å²) in [7, 11) is 0. The van der Waals surface area contributed by atoms with Gasteiger partial charge in [-0.3, -0.25) is 0 Å². The summed E-state index contributed by atoms with van der Waals surface area (Å²) in [6.07, 6.45) is 0. The van der Waals surface area contributed by atoms with Crippen molar-refractivity contribution in [2.75, 3.05) is 6.61 Å². The van der Waals surface area contributed by atoms with Crippen LogP contribution < -0.4 is 0 Å². The predicted molar refractivity (Wildman–Crippen MR) is 62.7 cm³/mol. The Kier molecular flexibility index (Phi) is 4.67. The normalized spacial score (nSPS) is 9.00. The number of carbonyl (C=O) groups excluding carboxylic acids is 1. The van der Waals surface area contributed by atoms with E-state index >= 15 is 0 Å². The Morgan fingerprint density at radius 3 is 3.00 bits per heavy atom. The summed E-state index contributed by atoms with van der Waals surface area (Å²) in [5, 5.41) is 0.575. The van der Waals surface area contributed by atoms with E-state index in [1.165, 1.54) is 0 Å². The standard InChI is InChI=1S/C11H8BrClO2/c1-2-15-11(14)6-3-8-7-9(13)4-5-10(8)12/h4-5,7H,2H2,1H3. The molecule has 15 heavy (non-hydrogen) atoms. The molecule has 0 radical (unpaired) electrons. The van der Waals surface area contributed by atoms with Crippen molar-refractivity contribution in [1.29, 1.82) is 0 Å². The van der Waals surface area contributed by atoms with Crippen molar-refractivity contribution in [2.45, 2.75) is 6.92 Å². The van der Waals surface area contributed by atoms with Gasteiger partial charge in [0.25, 0.3) is 0 Å². The van der Waals surface area contributed by atoms with Crippen molar-refractivity contribution in [3.63, 3.8) is 0 Å². The minimum Gasteiger partial charge on any atom is -0.456 e. The van der Waals surface area contributed by atoms with E-state index in [1.54, 1.807) is 25.1 Å². The highest BCUT2D eigenvalue weighted by atomic mass is 79.9. The van der Waals surface area contributed by atoms with Crippen LogP contribution in [-0.2, 0) is 9.53 Å². The highest BCUT2D eigenvalue weighted by molar-refractivity contribution is 9.10. The maximum Gasteiger partial charge on any atom is 0.384 e. The fourth-order valence-corrected chi connectivity index (χ4v) is 1.40. The molecule has 0 spiro atoms. The van der Waals surface area contributed by atoms with Gasteiger partial charge in [0.05, 0.1) is 6.61 Å². The third-order valence-electron chi connectivity index (χ3n) is 1.50. The van der Waals surface area contributed by atoms with E-state index in [0.29, 0.717) is 17.2 Å². The van der Waals surface area contributed by atoms with Gasteiger partial charge in [-0.05, 0) is 41.1 Å². The molecule has 0 N–H and O–H groups in total. The number of rotatable bonds is 1. The lowest BCUT2D eigenvalue weighted by Gasteiger charge is -1.96. The number of halogens is 2. The zero-order valence-electron chi connectivity index (χ0n) is 8.01. The van der Waals surface area contributed by atoms with E-state index in [1.807, 2.05) is 0 Å². The lowest BCUT2D eigenvalue weighted by Crippen LogP contribution is -1.99. The monoisotopic (exact) mass is 286 g/mol. The van der Waals surface area contributed by atoms with Crippen LogP contribution in [0, 0.1) is 11.8 Å². The Balaban J connectivity index is 2.88. The Hall–Kier alpha value is -0.980. The highest BCUT2D eigenvalue weighted by Crippen LogP contribution is 2.19. The molecule has 0 amide bonds. The van der Waals surface area contributed by atoms with Gasteiger partial charge < -0.3 is 4.74 Å². The summed E-state index contributed by atoms with van der Waals surface area (Å²) in [6, 6.07) is 5.19. The first-order valence-electron chi connectivity index (χ1n) is 4.27. The summed E-state index contributed by atoms with van der Waals surface area (Å²) in [4.78, 5) is 11.0. The predicted octanol–water partition coefficient (Wildman–Crippen LogP) is 3.02. The molecule has 0 bridgehead atoms. The van der Waals surface area contributed by atoms with Gasteiger partial charge in [0, 0.05) is 21.0 Å². The molecule has 0 aliphatic rings. The minimum atomic E-state index is -0.538. The van der Waals surface area contributed by atoms with Crippen molar-refractivity contribution in [1.82, 2.24) is 0 Å². The molecular formula is C11H8BrClO2. The molecule has 1 aromatic rings. The maximum atomic E-state index is 11.0. The third-order valence-corrected chi connectivity index (χ3v) is 2.43. The van der Waals surface area contributed by atoms with Gasteiger partial charge in [0.1, 0.15) is 0 Å². The molecule has 0 heterocycles. The Morgan fingerprint density at radius 2 is 2.33 bits per heavy atom. The second-order valence-corrected chi connectivity index (χ2v) is 3.89. The smallest absolute Gasteiger partial charge is 0.384 e. The van der Waals surface area contributed by atoms with E-state index in [-0.39, 0.29) is 0 Å². The summed E-state index contributed by atoms with van der Waals surface area (Å²) in [5.41, 5.74) is 0.663. The molecule has 0 fully saturated rings. The van der Waals surface area contributed by atoms with Gasteiger partial charge in [-0.2, -0.15) is 0 Å². The van der Waals surface area contributed by atoms with Gasteiger partial charge in [-0.25, -0.2) is 4.79 Å². The summed E-state index contributed by atoms with van der Waals surface area (Å²) in [6.45, 7) is 2.05. The first-order valence-corrected chi connectivity index (χ1v) is 5.44. The molecule has 1 rings (SSSR count). The highest BCUT2D eigenvalue weighted by Gasteiger charge is 1.98. The summed E-state index contributed by atoms with van der Waals surface area (Å²) >= 11 is 9.09. The maximum absolute atomic E-state index is 11.0. The topological polar surface area (TPSA) is 26.3 Å². The van der Waals surface area contributed by atoms with Crippen LogP contribution in [0.2, 0.25) is 5.02 Å². The molecule has 1 aromatic carbocycles. The Morgan fingerprint density at radius 1 is 1.60 bits per heavy atom. The molecule has 4 heteroatoms. The van der Waals surface area contributed by atoms with Crippen molar-refractivity contribution in [3.05, 3.63) is 33.3 Å². The molecule has 0 saturated carbocycles. The van der Waals surface area contributed by atoms with Crippen LogP contribution in [0.4, 0.5) is 0 Å². The molecule has 0 aliphatic heterocycles. The molecule has 0 aromatic heterocycles. The molecule has 78 valence electrons. The Labute approximate surface area is 102 Å². The van der Waals surface area contributed by atoms with Crippen LogP contribution >= 0.6 is 27.5 Å². The van der Waals surface area contributed by atoms with E-state index in [4.69, 9.17) is 11.6 Å². The van der Waals surface area contributed by atoms with E-state index in [9.17, 15) is 4.79 Å². The first kappa shape index (κ1) is 12.1. The van der Waals surface area contributed by atoms with Gasteiger partial charge in [0.15, 0.2) is 0 Å². The molecule has 0 unspecified atom stereocenters. The van der Waals surface area contributed by atoms with Gasteiger partial charge in [-0.1, -0.05) is 17.5 Å². The Bertz CT molecular complexity index is 432. The molecule has 0 saturated heterocycles. The fourth-order valence-electron chi connectivity index (χ4n) is 0.879. The van der Waals surface area contributed by atoms with Crippen LogP contribution in [0.15, 0.2) is 22.7 Å². The average Bonchev–Trinajstić information content (AvgIpc) is 2.20. The van der Waals surface area contributed by atoms with Crippen LogP contribution in [0.3, 0.4) is 0 Å². The lowest BCUT2D eigenvalue weighted by atomic mass is 10.2. The molecule has 0 aliphatic carbocycles. The number of carbonyl (C=O) groups is 1. The van der Waals surface area contributed by atoms with Crippen LogP contribution in [0.25, 0.3) is 0 Å². The summed E-state index contributed by atoms with van der Waals surface area (Å²) in [5.74, 6) is 4.51. The minimum absolute atomic E-state index is 0.324. The number of esters is 1. The lowest BCUT2D eigenvalue weighted by molar-refractivity contribution is -0.136. The number of ether oxygens (including phenoxy) is 1. The van der Waals surface area contributed by atoms with Crippen LogP contribution in [0.5, 0.6) is 0 Å². The number of benzene rings is 1. The first-order chi connectivity index (χ1) is 7.13. The zero-order chi connectivity index (χ0) is 11.3. The largest absolute Gasteiger partial charge is 0.456 e. The molecule has 2 nitrogen and oxygen atoms in total. The van der Waals surface area contributed by atoms with Gasteiger partial charge in [0.2, 0.25) is 0 Å². The van der Waals surface area contributed by atoms with E-state index in [0.717, 1.165) is 4.47 Å². The van der Waals surface area contributed by atoms with Crippen molar-refractivity contribution >= 4 is 33.5 Å². The van der Waals surface area contributed by atoms with E-state index in [2.05, 4.69) is 32.5 Å². The number of hydrogen-bond donors (Lipinski definition) is 0. The molecule has 0 atom stereocenters. The summed E-state index contributed by atoms with van der Waals surface area (Å²) < 4.78 is 5.47. The fraction of sp³-hybridized carbons (Fsp3) is 0.182. The van der Waals surface area contributed by atoms with Gasteiger partial charge in [-0.15, -0.1) is 0 Å². The van der Waals surface area contributed by atoms with Crippen LogP contribution in [0.1, 0.15) is 12.5 Å². The quantitative estimate of drug-likeness (QED) is 0.586. The zero-order valence-corrected chi connectivity index (χ0v) is 10.4. The van der Waals surface area contributed by atoms with Crippen LogP contribution in [-0.4, -0.2) is 12.6 Å². The number of hydrogen-bond acceptors (Lipinski definition) is 2. The SMILES string of the molecule is CCOC(=O)C#Cc1cc(Cl)ccc1Br. The second-order valence-electron chi connectivity index (χ2n) is 2.59. The third kappa shape index (κ3) is 3.94. The molecular weight excluding hydrogens is 279 g/mol. The van der Waals surface area contributed by atoms with Gasteiger partial charge >= 0.3 is 5.97 Å².